The van der Waals surface area contributed by atoms with Crippen molar-refractivity contribution in [2.45, 2.75) is 26.7 Å². The molecule has 1 unspecified atom stereocenters. The largest absolute Gasteiger partial charge is 0.393 e. The summed E-state index contributed by atoms with van der Waals surface area (Å²) in [6.07, 6.45) is 1.56. The smallest absolute Gasteiger partial charge is 0.234 e. The minimum Gasteiger partial charge on any atom is -0.393 e. The van der Waals surface area contributed by atoms with Gasteiger partial charge in [0.2, 0.25) is 5.91 Å². The minimum atomic E-state index is -0.393. The lowest BCUT2D eigenvalue weighted by Gasteiger charge is -2.13. The number of rotatable bonds is 5. The van der Waals surface area contributed by atoms with Gasteiger partial charge in [-0.2, -0.15) is 0 Å². The summed E-state index contributed by atoms with van der Waals surface area (Å²) < 4.78 is 0. The maximum atomic E-state index is 11.9. The normalized spacial score (nSPS) is 11.9. The molecule has 0 heterocycles. The van der Waals surface area contributed by atoms with Crippen molar-refractivity contribution >= 4 is 28.8 Å². The molecular weight excluding hydrogens is 232 g/mol. The van der Waals surface area contributed by atoms with Crippen LogP contribution >= 0.6 is 12.2 Å². The van der Waals surface area contributed by atoms with Crippen LogP contribution in [-0.4, -0.2) is 10.9 Å². The number of benzene rings is 1. The van der Waals surface area contributed by atoms with E-state index in [1.54, 1.807) is 0 Å². The summed E-state index contributed by atoms with van der Waals surface area (Å²) >= 11 is 4.87. The SMILES string of the molecule is CCc1cccc(NC(=O)C(CC)C(N)=S)c1. The van der Waals surface area contributed by atoms with E-state index in [9.17, 15) is 4.79 Å². The molecule has 0 fully saturated rings. The Morgan fingerprint density at radius 1 is 1.47 bits per heavy atom. The maximum absolute atomic E-state index is 11.9. The Morgan fingerprint density at radius 2 is 2.18 bits per heavy atom. The highest BCUT2D eigenvalue weighted by molar-refractivity contribution is 7.80. The van der Waals surface area contributed by atoms with Crippen molar-refractivity contribution < 1.29 is 4.79 Å². The highest BCUT2D eigenvalue weighted by Crippen LogP contribution is 2.13. The Kier molecular flexibility index (Phi) is 5.10. The van der Waals surface area contributed by atoms with E-state index in [0.29, 0.717) is 6.42 Å². The molecule has 17 heavy (non-hydrogen) atoms. The Morgan fingerprint density at radius 3 is 2.71 bits per heavy atom. The molecular formula is C13H18N2OS. The standard InChI is InChI=1S/C13H18N2OS/c1-3-9-6-5-7-10(8-9)15-13(16)11(4-2)12(14)17/h5-8,11H,3-4H2,1-2H3,(H2,14,17)(H,15,16). The summed E-state index contributed by atoms with van der Waals surface area (Å²) in [5.41, 5.74) is 7.51. The number of amides is 1. The topological polar surface area (TPSA) is 55.1 Å². The lowest BCUT2D eigenvalue weighted by Crippen LogP contribution is -2.32. The molecule has 0 spiro atoms. The number of hydrogen-bond acceptors (Lipinski definition) is 2. The molecule has 1 aromatic carbocycles. The van der Waals surface area contributed by atoms with Gasteiger partial charge in [-0.15, -0.1) is 0 Å². The first kappa shape index (κ1) is 13.6. The van der Waals surface area contributed by atoms with E-state index in [1.165, 1.54) is 5.56 Å². The molecule has 0 aliphatic carbocycles. The molecule has 1 aromatic rings. The van der Waals surface area contributed by atoms with Crippen molar-refractivity contribution in [3.05, 3.63) is 29.8 Å². The number of nitrogens with one attached hydrogen (secondary N) is 1. The van der Waals surface area contributed by atoms with Crippen molar-refractivity contribution in [1.29, 1.82) is 0 Å². The molecule has 0 aliphatic rings. The Labute approximate surface area is 107 Å². The third kappa shape index (κ3) is 3.82. The van der Waals surface area contributed by atoms with E-state index in [2.05, 4.69) is 12.2 Å². The molecule has 3 N–H and O–H groups in total. The van der Waals surface area contributed by atoms with E-state index < -0.39 is 5.92 Å². The average Bonchev–Trinajstić information content (AvgIpc) is 2.29. The fourth-order valence-corrected chi connectivity index (χ4v) is 1.89. The van der Waals surface area contributed by atoms with Crippen LogP contribution in [0.5, 0.6) is 0 Å². The predicted octanol–water partition coefficient (Wildman–Crippen LogP) is 2.50. The van der Waals surface area contributed by atoms with Crippen LogP contribution in [0.4, 0.5) is 5.69 Å². The third-order valence-corrected chi connectivity index (χ3v) is 2.96. The molecule has 4 heteroatoms. The summed E-state index contributed by atoms with van der Waals surface area (Å²) in [5, 5.41) is 2.84. The summed E-state index contributed by atoms with van der Waals surface area (Å²) in [6, 6.07) is 7.78. The van der Waals surface area contributed by atoms with Crippen LogP contribution < -0.4 is 11.1 Å². The zero-order chi connectivity index (χ0) is 12.8. The molecule has 0 aliphatic heterocycles. The number of hydrogen-bond donors (Lipinski definition) is 2. The number of aryl methyl sites for hydroxylation is 1. The number of carbonyl (C=O) groups excluding carboxylic acids is 1. The van der Waals surface area contributed by atoms with Crippen LogP contribution in [0.15, 0.2) is 24.3 Å². The van der Waals surface area contributed by atoms with E-state index in [0.717, 1.165) is 12.1 Å². The second-order valence-corrected chi connectivity index (χ2v) is 4.38. The van der Waals surface area contributed by atoms with Crippen LogP contribution in [0.3, 0.4) is 0 Å². The first-order valence-corrected chi connectivity index (χ1v) is 6.18. The molecule has 1 atom stereocenters. The van der Waals surface area contributed by atoms with E-state index in [1.807, 2.05) is 31.2 Å². The van der Waals surface area contributed by atoms with Crippen LogP contribution in [0, 0.1) is 5.92 Å². The van der Waals surface area contributed by atoms with Crippen LogP contribution in [-0.2, 0) is 11.2 Å². The number of thiocarbonyl (C=S) groups is 1. The second kappa shape index (κ2) is 6.35. The van der Waals surface area contributed by atoms with Gasteiger partial charge in [-0.3, -0.25) is 4.79 Å². The molecule has 0 saturated heterocycles. The van der Waals surface area contributed by atoms with Gasteiger partial charge in [0.1, 0.15) is 0 Å². The highest BCUT2D eigenvalue weighted by atomic mass is 32.1. The van der Waals surface area contributed by atoms with Crippen molar-refractivity contribution in [3.8, 4) is 0 Å². The van der Waals surface area contributed by atoms with Crippen molar-refractivity contribution in [3.63, 3.8) is 0 Å². The van der Waals surface area contributed by atoms with Gasteiger partial charge in [-0.1, -0.05) is 38.2 Å². The van der Waals surface area contributed by atoms with Crippen molar-refractivity contribution in [1.82, 2.24) is 0 Å². The minimum absolute atomic E-state index is 0.131. The van der Waals surface area contributed by atoms with Crippen LogP contribution in [0.25, 0.3) is 0 Å². The summed E-state index contributed by atoms with van der Waals surface area (Å²) in [7, 11) is 0. The molecule has 0 radical (unpaired) electrons. The fraction of sp³-hybridized carbons (Fsp3) is 0.385. The number of anilines is 1. The molecule has 3 nitrogen and oxygen atoms in total. The lowest BCUT2D eigenvalue weighted by molar-refractivity contribution is -0.118. The summed E-state index contributed by atoms with van der Waals surface area (Å²) in [5.74, 6) is -0.525. The number of carbonyl (C=O) groups is 1. The first-order valence-electron chi connectivity index (χ1n) is 5.77. The fourth-order valence-electron chi connectivity index (χ4n) is 1.61. The molecule has 0 saturated carbocycles. The van der Waals surface area contributed by atoms with Crippen LogP contribution in [0.1, 0.15) is 25.8 Å². The number of nitrogens with two attached hydrogens (primary N) is 1. The van der Waals surface area contributed by atoms with E-state index in [-0.39, 0.29) is 10.9 Å². The predicted molar refractivity (Wildman–Crippen MR) is 75.0 cm³/mol. The van der Waals surface area contributed by atoms with E-state index >= 15 is 0 Å². The average molecular weight is 250 g/mol. The van der Waals surface area contributed by atoms with Crippen molar-refractivity contribution in [2.75, 3.05) is 5.32 Å². The van der Waals surface area contributed by atoms with Gasteiger partial charge in [0.05, 0.1) is 10.9 Å². The molecule has 1 amide bonds. The van der Waals surface area contributed by atoms with Gasteiger partial charge in [-0.25, -0.2) is 0 Å². The van der Waals surface area contributed by atoms with Crippen LogP contribution in [0.2, 0.25) is 0 Å². The lowest BCUT2D eigenvalue weighted by atomic mass is 10.1. The van der Waals surface area contributed by atoms with Gasteiger partial charge < -0.3 is 11.1 Å². The van der Waals surface area contributed by atoms with Gasteiger partial charge in [-0.05, 0) is 30.5 Å². The molecule has 1 rings (SSSR count). The van der Waals surface area contributed by atoms with Gasteiger partial charge >= 0.3 is 0 Å². The van der Waals surface area contributed by atoms with Gasteiger partial charge in [0.25, 0.3) is 0 Å². The maximum Gasteiger partial charge on any atom is 0.234 e. The van der Waals surface area contributed by atoms with Gasteiger partial charge in [0, 0.05) is 5.69 Å². The van der Waals surface area contributed by atoms with Crippen molar-refractivity contribution in [2.24, 2.45) is 11.7 Å². The Bertz CT molecular complexity index is 418. The van der Waals surface area contributed by atoms with E-state index in [4.69, 9.17) is 18.0 Å². The third-order valence-electron chi connectivity index (χ3n) is 2.67. The summed E-state index contributed by atoms with van der Waals surface area (Å²) in [6.45, 7) is 3.97. The quantitative estimate of drug-likeness (QED) is 0.789. The zero-order valence-electron chi connectivity index (χ0n) is 10.2. The summed E-state index contributed by atoms with van der Waals surface area (Å²) in [4.78, 5) is 12.2. The second-order valence-electron chi connectivity index (χ2n) is 3.91. The molecule has 0 aromatic heterocycles. The Hall–Kier alpha value is -1.42. The monoisotopic (exact) mass is 250 g/mol. The molecule has 0 bridgehead atoms. The first-order chi connectivity index (χ1) is 8.08. The highest BCUT2D eigenvalue weighted by Gasteiger charge is 2.19. The zero-order valence-corrected chi connectivity index (χ0v) is 11.0. The van der Waals surface area contributed by atoms with Gasteiger partial charge in [0.15, 0.2) is 0 Å². The molecule has 92 valence electrons. The Balaban J connectivity index is 2.76.